The van der Waals surface area contributed by atoms with Crippen LogP contribution in [0.1, 0.15) is 43.2 Å². The lowest BCUT2D eigenvalue weighted by atomic mass is 10.0. The summed E-state index contributed by atoms with van der Waals surface area (Å²) in [6.07, 6.45) is 4.88. The van der Waals surface area contributed by atoms with E-state index in [1.54, 1.807) is 19.1 Å². The van der Waals surface area contributed by atoms with Crippen LogP contribution in [0, 0.1) is 17.0 Å². The van der Waals surface area contributed by atoms with E-state index in [1.165, 1.54) is 6.42 Å². The van der Waals surface area contributed by atoms with Crippen LogP contribution >= 0.6 is 0 Å². The molecule has 0 saturated heterocycles. The van der Waals surface area contributed by atoms with Crippen molar-refractivity contribution in [3.8, 4) is 0 Å². The molecule has 1 aromatic carbocycles. The Balaban J connectivity index is 1.99. The first-order chi connectivity index (χ1) is 9.58. The Hall–Kier alpha value is -1.46. The van der Waals surface area contributed by atoms with Gasteiger partial charge in [-0.05, 0) is 25.3 Å². The zero-order valence-corrected chi connectivity index (χ0v) is 11.8. The number of hydrogen-bond donors (Lipinski definition) is 2. The fourth-order valence-electron chi connectivity index (χ4n) is 2.74. The number of nitro groups is 1. The molecular weight excluding hydrogens is 256 g/mol. The Labute approximate surface area is 119 Å². The van der Waals surface area contributed by atoms with Crippen molar-refractivity contribution in [3.63, 3.8) is 0 Å². The quantitative estimate of drug-likeness (QED) is 0.504. The van der Waals surface area contributed by atoms with E-state index in [1.807, 2.05) is 6.07 Å². The van der Waals surface area contributed by atoms with Crippen LogP contribution in [0.15, 0.2) is 18.2 Å². The van der Waals surface area contributed by atoms with Gasteiger partial charge in [-0.1, -0.05) is 31.4 Å². The van der Waals surface area contributed by atoms with Crippen LogP contribution in [0.3, 0.4) is 0 Å². The van der Waals surface area contributed by atoms with Crippen molar-refractivity contribution in [1.29, 1.82) is 0 Å². The van der Waals surface area contributed by atoms with Crippen LogP contribution in [-0.2, 0) is 6.54 Å². The molecule has 0 radical (unpaired) electrons. The number of rotatable bonds is 4. The smallest absolute Gasteiger partial charge is 0.272 e. The molecule has 2 rings (SSSR count). The Morgan fingerprint density at radius 2 is 2.10 bits per heavy atom. The molecule has 2 N–H and O–H groups in total. The topological polar surface area (TPSA) is 75.4 Å². The molecule has 0 aromatic heterocycles. The molecule has 20 heavy (non-hydrogen) atoms. The van der Waals surface area contributed by atoms with Gasteiger partial charge in [-0.2, -0.15) is 0 Å². The van der Waals surface area contributed by atoms with Crippen LogP contribution in [0.5, 0.6) is 0 Å². The molecule has 0 heterocycles. The SMILES string of the molecule is Cc1ccc(CNC2CCCCCC2O)cc1[N+](=O)[O-]. The van der Waals surface area contributed by atoms with E-state index in [4.69, 9.17) is 0 Å². The average molecular weight is 278 g/mol. The lowest BCUT2D eigenvalue weighted by molar-refractivity contribution is -0.385. The van der Waals surface area contributed by atoms with E-state index in [2.05, 4.69) is 5.32 Å². The molecule has 1 fully saturated rings. The molecule has 2 unspecified atom stereocenters. The molecule has 1 aliphatic rings. The van der Waals surface area contributed by atoms with Gasteiger partial charge in [-0.15, -0.1) is 0 Å². The highest BCUT2D eigenvalue weighted by Gasteiger charge is 2.21. The third-order valence-electron chi connectivity index (χ3n) is 4.02. The number of aryl methyl sites for hydroxylation is 1. The van der Waals surface area contributed by atoms with Crippen molar-refractivity contribution >= 4 is 5.69 Å². The van der Waals surface area contributed by atoms with Crippen LogP contribution in [0.4, 0.5) is 5.69 Å². The van der Waals surface area contributed by atoms with Gasteiger partial charge >= 0.3 is 0 Å². The molecule has 110 valence electrons. The van der Waals surface area contributed by atoms with Gasteiger partial charge in [0.25, 0.3) is 5.69 Å². The minimum absolute atomic E-state index is 0.0952. The summed E-state index contributed by atoms with van der Waals surface area (Å²) >= 11 is 0. The van der Waals surface area contributed by atoms with Crippen LogP contribution in [0.2, 0.25) is 0 Å². The number of benzene rings is 1. The molecule has 0 spiro atoms. The Morgan fingerprint density at radius 1 is 1.35 bits per heavy atom. The predicted octanol–water partition coefficient (Wildman–Crippen LogP) is 2.69. The summed E-state index contributed by atoms with van der Waals surface area (Å²) in [5, 5.41) is 24.3. The highest BCUT2D eigenvalue weighted by atomic mass is 16.6. The second-order valence-corrected chi connectivity index (χ2v) is 5.57. The number of aliphatic hydroxyl groups is 1. The fourth-order valence-corrected chi connectivity index (χ4v) is 2.74. The maximum absolute atomic E-state index is 10.9. The average Bonchev–Trinajstić information content (AvgIpc) is 2.62. The van der Waals surface area contributed by atoms with Gasteiger partial charge in [0, 0.05) is 24.2 Å². The minimum Gasteiger partial charge on any atom is -0.392 e. The largest absolute Gasteiger partial charge is 0.392 e. The summed E-state index contributed by atoms with van der Waals surface area (Å²) in [7, 11) is 0. The van der Waals surface area contributed by atoms with Gasteiger partial charge in [-0.3, -0.25) is 10.1 Å². The molecule has 5 nitrogen and oxygen atoms in total. The van der Waals surface area contributed by atoms with Gasteiger partial charge in [-0.25, -0.2) is 0 Å². The van der Waals surface area contributed by atoms with Crippen LogP contribution < -0.4 is 5.32 Å². The number of nitrogens with zero attached hydrogens (tertiary/aromatic N) is 1. The van der Waals surface area contributed by atoms with E-state index >= 15 is 0 Å². The maximum atomic E-state index is 10.9. The molecule has 0 amide bonds. The van der Waals surface area contributed by atoms with Gasteiger partial charge < -0.3 is 10.4 Å². The first-order valence-electron chi connectivity index (χ1n) is 7.23. The van der Waals surface area contributed by atoms with Gasteiger partial charge in [0.1, 0.15) is 0 Å². The summed E-state index contributed by atoms with van der Waals surface area (Å²) in [4.78, 5) is 10.6. The normalized spacial score (nSPS) is 23.3. The highest BCUT2D eigenvalue weighted by molar-refractivity contribution is 5.42. The van der Waals surface area contributed by atoms with Crippen molar-refractivity contribution in [1.82, 2.24) is 5.32 Å². The van der Waals surface area contributed by atoms with Crippen molar-refractivity contribution in [2.45, 2.75) is 57.7 Å². The molecule has 0 bridgehead atoms. The van der Waals surface area contributed by atoms with Crippen LogP contribution in [-0.4, -0.2) is 22.2 Å². The van der Waals surface area contributed by atoms with Crippen molar-refractivity contribution in [2.24, 2.45) is 0 Å². The lowest BCUT2D eigenvalue weighted by Gasteiger charge is -2.21. The zero-order valence-electron chi connectivity index (χ0n) is 11.8. The Morgan fingerprint density at radius 3 is 2.85 bits per heavy atom. The zero-order chi connectivity index (χ0) is 14.5. The fraction of sp³-hybridized carbons (Fsp3) is 0.600. The van der Waals surface area contributed by atoms with Crippen molar-refractivity contribution in [2.75, 3.05) is 0 Å². The van der Waals surface area contributed by atoms with Crippen molar-refractivity contribution < 1.29 is 10.0 Å². The molecule has 2 atom stereocenters. The standard InChI is InChI=1S/C15H22N2O3/c1-11-7-8-12(9-14(11)17(19)20)10-16-13-5-3-2-4-6-15(13)18/h7-9,13,15-16,18H,2-6,10H2,1H3. The van der Waals surface area contributed by atoms with Gasteiger partial charge in [0.15, 0.2) is 0 Å². The molecule has 5 heteroatoms. The van der Waals surface area contributed by atoms with E-state index in [-0.39, 0.29) is 22.8 Å². The minimum atomic E-state index is -0.348. The third-order valence-corrected chi connectivity index (χ3v) is 4.02. The summed E-state index contributed by atoms with van der Waals surface area (Å²) in [5.41, 5.74) is 1.72. The van der Waals surface area contributed by atoms with Crippen LogP contribution in [0.25, 0.3) is 0 Å². The predicted molar refractivity (Wildman–Crippen MR) is 77.6 cm³/mol. The summed E-state index contributed by atoms with van der Waals surface area (Å²) in [5.74, 6) is 0. The highest BCUT2D eigenvalue weighted by Crippen LogP contribution is 2.21. The number of hydrogen-bond acceptors (Lipinski definition) is 4. The summed E-state index contributed by atoms with van der Waals surface area (Å²) in [6.45, 7) is 2.30. The molecular formula is C15H22N2O3. The summed E-state index contributed by atoms with van der Waals surface area (Å²) < 4.78 is 0. The number of aliphatic hydroxyl groups excluding tert-OH is 1. The second kappa shape index (κ2) is 6.81. The monoisotopic (exact) mass is 278 g/mol. The van der Waals surface area contributed by atoms with E-state index in [0.717, 1.165) is 31.2 Å². The number of nitrogens with one attached hydrogen (secondary N) is 1. The lowest BCUT2D eigenvalue weighted by Crippen LogP contribution is -2.38. The first-order valence-corrected chi connectivity index (χ1v) is 7.23. The third kappa shape index (κ3) is 3.77. The molecule has 1 aromatic rings. The van der Waals surface area contributed by atoms with E-state index < -0.39 is 0 Å². The maximum Gasteiger partial charge on any atom is 0.272 e. The molecule has 1 saturated carbocycles. The second-order valence-electron chi connectivity index (χ2n) is 5.57. The number of nitro benzene ring substituents is 1. The van der Waals surface area contributed by atoms with Gasteiger partial charge in [0.05, 0.1) is 11.0 Å². The van der Waals surface area contributed by atoms with Gasteiger partial charge in [0.2, 0.25) is 0 Å². The first kappa shape index (κ1) is 14.9. The Kier molecular flexibility index (Phi) is 5.09. The van der Waals surface area contributed by atoms with E-state index in [9.17, 15) is 15.2 Å². The molecule has 0 aliphatic heterocycles. The Bertz CT molecular complexity index is 476. The van der Waals surface area contributed by atoms with E-state index in [0.29, 0.717) is 12.1 Å². The van der Waals surface area contributed by atoms with Crippen molar-refractivity contribution in [3.05, 3.63) is 39.4 Å². The molecule has 1 aliphatic carbocycles. The summed E-state index contributed by atoms with van der Waals surface area (Å²) in [6, 6.07) is 5.39.